The van der Waals surface area contributed by atoms with Crippen molar-refractivity contribution >= 4 is 43.7 Å². The van der Waals surface area contributed by atoms with E-state index in [1.807, 2.05) is 18.2 Å². The molecule has 1 aliphatic carbocycles. The number of ketones is 1. The molecule has 5 nitrogen and oxygen atoms in total. The van der Waals surface area contributed by atoms with E-state index in [0.717, 1.165) is 81.3 Å². The lowest BCUT2D eigenvalue weighted by atomic mass is 9.80. The van der Waals surface area contributed by atoms with Crippen LogP contribution in [0.3, 0.4) is 0 Å². The second kappa shape index (κ2) is 8.43. The fourth-order valence-corrected chi connectivity index (χ4v) is 6.03. The van der Waals surface area contributed by atoms with Crippen molar-refractivity contribution in [3.05, 3.63) is 77.5 Å². The molecule has 6 heteroatoms. The summed E-state index contributed by atoms with van der Waals surface area (Å²) in [5.41, 5.74) is 5.88. The lowest BCUT2D eigenvalue weighted by Crippen LogP contribution is -2.39. The Morgan fingerprint density at radius 2 is 1.83 bits per heavy atom. The molecule has 0 unspecified atom stereocenters. The number of carbonyl (C=O) groups excluding carboxylic acids is 1. The molecular weight excluding hydrogens is 514 g/mol. The highest BCUT2D eigenvalue weighted by Gasteiger charge is 2.48. The molecule has 7 rings (SSSR count). The molecule has 2 aromatic heterocycles. The second-order valence-corrected chi connectivity index (χ2v) is 11.2. The topological polar surface area (TPSA) is 60.1 Å². The zero-order valence-corrected chi connectivity index (χ0v) is 21.4. The first kappa shape index (κ1) is 22.0. The number of imidazole rings is 1. The number of benzene rings is 3. The number of carbonyl (C=O) groups is 1. The van der Waals surface area contributed by atoms with Gasteiger partial charge in [-0.05, 0) is 73.3 Å². The van der Waals surface area contributed by atoms with Gasteiger partial charge in [-0.3, -0.25) is 4.79 Å². The molecule has 0 radical (unpaired) electrons. The van der Waals surface area contributed by atoms with Gasteiger partial charge in [0.25, 0.3) is 0 Å². The molecule has 2 fully saturated rings. The van der Waals surface area contributed by atoms with Crippen molar-refractivity contribution in [2.45, 2.75) is 25.8 Å². The number of aromatic nitrogens is 2. The van der Waals surface area contributed by atoms with Crippen LogP contribution in [0.25, 0.3) is 44.5 Å². The maximum atomic E-state index is 13.5. The van der Waals surface area contributed by atoms with E-state index >= 15 is 0 Å². The van der Waals surface area contributed by atoms with Gasteiger partial charge >= 0.3 is 0 Å². The number of hydrogen-bond donors (Lipinski definition) is 1. The maximum absolute atomic E-state index is 13.5. The fraction of sp³-hybridized carbons (Fsp3) is 0.267. The molecule has 3 aromatic carbocycles. The Labute approximate surface area is 217 Å². The lowest BCUT2D eigenvalue weighted by Gasteiger charge is -2.28. The molecule has 1 N–H and O–H groups in total. The highest BCUT2D eigenvalue weighted by Crippen LogP contribution is 2.42. The molecule has 3 heterocycles. The zero-order valence-electron chi connectivity index (χ0n) is 19.8. The van der Waals surface area contributed by atoms with E-state index in [0.29, 0.717) is 12.3 Å². The van der Waals surface area contributed by atoms with E-state index in [9.17, 15) is 4.79 Å². The van der Waals surface area contributed by atoms with Crippen molar-refractivity contribution < 1.29 is 9.21 Å². The Bertz CT molecular complexity index is 1600. The molecule has 2 aliphatic rings. The number of hydrogen-bond acceptors (Lipinski definition) is 4. The summed E-state index contributed by atoms with van der Waals surface area (Å²) in [6.07, 6.45) is 4.68. The summed E-state index contributed by atoms with van der Waals surface area (Å²) in [7, 11) is 0. The predicted octanol–water partition coefficient (Wildman–Crippen LogP) is 6.84. The van der Waals surface area contributed by atoms with Crippen molar-refractivity contribution in [1.29, 1.82) is 0 Å². The molecule has 5 aromatic rings. The number of nitrogens with one attached hydrogen (secondary N) is 1. The van der Waals surface area contributed by atoms with Gasteiger partial charge in [0.05, 0.1) is 22.7 Å². The quantitative estimate of drug-likeness (QED) is 0.256. The number of halogens is 1. The largest absolute Gasteiger partial charge is 0.464 e. The van der Waals surface area contributed by atoms with Crippen LogP contribution in [0.2, 0.25) is 0 Å². The smallest absolute Gasteiger partial charge is 0.145 e. The first-order valence-corrected chi connectivity index (χ1v) is 13.4. The number of furan rings is 1. The predicted molar refractivity (Wildman–Crippen MR) is 146 cm³/mol. The molecule has 1 saturated heterocycles. The number of rotatable bonds is 6. The van der Waals surface area contributed by atoms with E-state index in [1.54, 1.807) is 6.26 Å². The van der Waals surface area contributed by atoms with E-state index in [2.05, 4.69) is 74.3 Å². The minimum atomic E-state index is -0.369. The van der Waals surface area contributed by atoms with Crippen LogP contribution >= 0.6 is 15.9 Å². The summed E-state index contributed by atoms with van der Waals surface area (Å²) in [5, 5.41) is 4.57. The third kappa shape index (κ3) is 3.71. The Morgan fingerprint density at radius 1 is 1.03 bits per heavy atom. The number of Topliss-reactive ketones (excluding diaryl/α,β-unsaturated/α-hetero) is 1. The van der Waals surface area contributed by atoms with Crippen LogP contribution in [0.15, 0.2) is 81.9 Å². The monoisotopic (exact) mass is 539 g/mol. The van der Waals surface area contributed by atoms with Crippen molar-refractivity contribution in [3.63, 3.8) is 0 Å². The van der Waals surface area contributed by atoms with E-state index < -0.39 is 0 Å². The Balaban J connectivity index is 1.31. The summed E-state index contributed by atoms with van der Waals surface area (Å²) in [6, 6.07) is 23.0. The third-order valence-corrected chi connectivity index (χ3v) is 8.31. The third-order valence-electron chi connectivity index (χ3n) is 7.81. The van der Waals surface area contributed by atoms with Gasteiger partial charge in [0.15, 0.2) is 0 Å². The molecule has 1 saturated carbocycles. The van der Waals surface area contributed by atoms with Gasteiger partial charge in [-0.25, -0.2) is 4.98 Å². The molecule has 1 aliphatic heterocycles. The minimum absolute atomic E-state index is 0.238. The van der Waals surface area contributed by atoms with Gasteiger partial charge < -0.3 is 14.3 Å². The van der Waals surface area contributed by atoms with Crippen molar-refractivity contribution in [2.24, 2.45) is 11.3 Å². The van der Waals surface area contributed by atoms with Crippen LogP contribution in [0.1, 0.15) is 19.3 Å². The molecule has 0 bridgehead atoms. The molecule has 0 amide bonds. The van der Waals surface area contributed by atoms with Crippen molar-refractivity contribution in [3.8, 4) is 22.5 Å². The average Bonchev–Trinajstić information content (AvgIpc) is 3.30. The normalized spacial score (nSPS) is 19.9. The highest BCUT2D eigenvalue weighted by atomic mass is 79.9. The Morgan fingerprint density at radius 3 is 2.61 bits per heavy atom. The van der Waals surface area contributed by atoms with Gasteiger partial charge in [-0.1, -0.05) is 46.3 Å². The van der Waals surface area contributed by atoms with E-state index in [4.69, 9.17) is 9.40 Å². The first-order valence-electron chi connectivity index (χ1n) is 12.6. The van der Waals surface area contributed by atoms with Crippen LogP contribution in [0.4, 0.5) is 0 Å². The highest BCUT2D eigenvalue weighted by molar-refractivity contribution is 9.10. The Kier molecular flexibility index (Phi) is 5.15. The van der Waals surface area contributed by atoms with Crippen LogP contribution in [-0.4, -0.2) is 28.4 Å². The average molecular weight is 540 g/mol. The number of fused-ring (bicyclic) bond motifs is 2. The Hall–Kier alpha value is -3.22. The van der Waals surface area contributed by atoms with Gasteiger partial charge in [0.2, 0.25) is 0 Å². The SMILES string of the molecule is O=C(C1CC1)[C@@]1(Cn2c(-c3ccc(-c4ccc5occc5c4)cc3)nc3ccc(Br)cc32)CCNC1. The molecule has 0 spiro atoms. The van der Waals surface area contributed by atoms with E-state index in [-0.39, 0.29) is 11.3 Å². The van der Waals surface area contributed by atoms with Crippen LogP contribution in [0.5, 0.6) is 0 Å². The zero-order chi connectivity index (χ0) is 24.3. The summed E-state index contributed by atoms with van der Waals surface area (Å²) >= 11 is 3.64. The summed E-state index contributed by atoms with van der Waals surface area (Å²) in [4.78, 5) is 18.5. The van der Waals surface area contributed by atoms with Gasteiger partial charge in [0, 0.05) is 34.4 Å². The minimum Gasteiger partial charge on any atom is -0.464 e. The van der Waals surface area contributed by atoms with Crippen LogP contribution in [-0.2, 0) is 11.3 Å². The van der Waals surface area contributed by atoms with E-state index in [1.165, 1.54) is 0 Å². The number of nitrogens with zero attached hydrogens (tertiary/aromatic N) is 2. The summed E-state index contributed by atoms with van der Waals surface area (Å²) in [5.74, 6) is 1.58. The summed E-state index contributed by atoms with van der Waals surface area (Å²) < 4.78 is 8.78. The van der Waals surface area contributed by atoms with Crippen molar-refractivity contribution in [1.82, 2.24) is 14.9 Å². The first-order chi connectivity index (χ1) is 17.6. The van der Waals surface area contributed by atoms with Gasteiger partial charge in [-0.15, -0.1) is 0 Å². The molecular formula is C30H26BrN3O2. The maximum Gasteiger partial charge on any atom is 0.145 e. The molecule has 36 heavy (non-hydrogen) atoms. The molecule has 180 valence electrons. The second-order valence-electron chi connectivity index (χ2n) is 10.3. The fourth-order valence-electron chi connectivity index (χ4n) is 5.68. The van der Waals surface area contributed by atoms with Gasteiger partial charge in [0.1, 0.15) is 17.2 Å². The lowest BCUT2D eigenvalue weighted by molar-refractivity contribution is -0.129. The standard InChI is InChI=1S/C30H26BrN3O2/c31-24-8-9-25-26(16-24)34(18-30(12-13-32-17-30)28(35)20-3-4-20)29(33-25)21-5-1-19(2-6-21)22-7-10-27-23(15-22)11-14-36-27/h1-2,5-11,14-16,20,32H,3-4,12-13,17-18H2/t30-/m0/s1. The van der Waals surface area contributed by atoms with Crippen LogP contribution in [0, 0.1) is 11.3 Å². The summed E-state index contributed by atoms with van der Waals surface area (Å²) in [6.45, 7) is 2.28. The molecule has 1 atom stereocenters. The van der Waals surface area contributed by atoms with Crippen LogP contribution < -0.4 is 5.32 Å². The van der Waals surface area contributed by atoms with Crippen molar-refractivity contribution in [2.75, 3.05) is 13.1 Å². The van der Waals surface area contributed by atoms with Gasteiger partial charge in [-0.2, -0.15) is 0 Å².